The van der Waals surface area contributed by atoms with Gasteiger partial charge < -0.3 is 25.6 Å². The number of nitro groups is 1. The van der Waals surface area contributed by atoms with Gasteiger partial charge in [0.2, 0.25) is 15.9 Å². The summed E-state index contributed by atoms with van der Waals surface area (Å²) in [5.41, 5.74) is 1.11. The van der Waals surface area contributed by atoms with Gasteiger partial charge in [0, 0.05) is 64.1 Å². The number of carbonyl (C=O) groups excluding carboxylic acids is 1. The normalized spacial score (nSPS) is 15.4. The van der Waals surface area contributed by atoms with Crippen LogP contribution in [0, 0.1) is 17.0 Å². The Hall–Kier alpha value is -3.59. The van der Waals surface area contributed by atoms with Gasteiger partial charge in [-0.2, -0.15) is 4.31 Å². The van der Waals surface area contributed by atoms with E-state index < -0.39 is 21.0 Å². The minimum Gasteiger partial charge on any atom is -0.465 e. The molecule has 4 N–H and O–H groups in total. The average Bonchev–Trinajstić information content (AvgIpc) is 3.74. The lowest BCUT2D eigenvalue weighted by Crippen LogP contribution is -2.35. The molecule has 2 amide bonds. The van der Waals surface area contributed by atoms with Gasteiger partial charge in [-0.25, -0.2) is 13.2 Å². The summed E-state index contributed by atoms with van der Waals surface area (Å²) in [7, 11) is -3.90. The Bertz CT molecular complexity index is 1220. The number of amides is 2. The second kappa shape index (κ2) is 22.8. The van der Waals surface area contributed by atoms with E-state index in [0.717, 1.165) is 38.2 Å². The van der Waals surface area contributed by atoms with Crippen molar-refractivity contribution in [1.82, 2.24) is 14.9 Å². The fourth-order valence-corrected chi connectivity index (χ4v) is 5.66. The monoisotopic (exact) mass is 652 g/mol. The molecule has 45 heavy (non-hydrogen) atoms. The van der Waals surface area contributed by atoms with Crippen LogP contribution in [0.15, 0.2) is 59.5 Å². The summed E-state index contributed by atoms with van der Waals surface area (Å²) >= 11 is 0. The fraction of sp³-hybridized carbons (Fsp3) is 0.548. The van der Waals surface area contributed by atoms with Gasteiger partial charge in [-0.1, -0.05) is 42.8 Å². The number of nitrogens with zero attached hydrogens (tertiary/aromatic N) is 2. The number of benzene rings is 2. The van der Waals surface area contributed by atoms with Gasteiger partial charge in [0.1, 0.15) is 0 Å². The first kappa shape index (κ1) is 39.4. The lowest BCUT2D eigenvalue weighted by molar-refractivity contribution is -0.384. The summed E-state index contributed by atoms with van der Waals surface area (Å²) in [5.74, 6) is -0.00916. The highest BCUT2D eigenvalue weighted by molar-refractivity contribution is 7.89. The van der Waals surface area contributed by atoms with E-state index in [4.69, 9.17) is 14.9 Å². The first-order chi connectivity index (χ1) is 21.5. The maximum absolute atomic E-state index is 13.0. The molecule has 0 spiro atoms. The minimum absolute atomic E-state index is 0.00916. The molecule has 2 aromatic rings. The molecule has 0 aromatic heterocycles. The number of non-ortho nitro benzene ring substituents is 1. The van der Waals surface area contributed by atoms with Crippen LogP contribution in [0.25, 0.3) is 0 Å². The number of sulfonamides is 1. The van der Waals surface area contributed by atoms with Crippen molar-refractivity contribution in [2.45, 2.75) is 76.2 Å². The van der Waals surface area contributed by atoms with E-state index in [-0.39, 0.29) is 48.6 Å². The Morgan fingerprint density at radius 3 is 2.11 bits per heavy atom. The maximum atomic E-state index is 13.0. The lowest BCUT2D eigenvalue weighted by atomic mass is 10.1. The van der Waals surface area contributed by atoms with E-state index in [1.54, 1.807) is 0 Å². The first-order valence-electron chi connectivity index (χ1n) is 15.2. The molecule has 2 fully saturated rings. The van der Waals surface area contributed by atoms with Crippen molar-refractivity contribution in [2.75, 3.05) is 39.5 Å². The molecular weight excluding hydrogens is 604 g/mol. The lowest BCUT2D eigenvalue weighted by Gasteiger charge is -2.23. The van der Waals surface area contributed by atoms with E-state index in [0.29, 0.717) is 25.9 Å². The van der Waals surface area contributed by atoms with Crippen LogP contribution >= 0.6 is 0 Å². The predicted octanol–water partition coefficient (Wildman–Crippen LogP) is 4.48. The molecule has 1 atom stereocenters. The number of aryl methyl sites for hydroxylation is 1. The van der Waals surface area contributed by atoms with E-state index in [9.17, 15) is 28.1 Å². The molecule has 0 radical (unpaired) electrons. The van der Waals surface area contributed by atoms with Crippen molar-refractivity contribution < 1.29 is 37.9 Å². The number of ether oxygens (including phenoxy) is 1. The van der Waals surface area contributed by atoms with E-state index in [1.807, 2.05) is 25.1 Å². The van der Waals surface area contributed by atoms with Crippen molar-refractivity contribution >= 4 is 27.7 Å². The molecule has 2 aromatic carbocycles. The average molecular weight is 653 g/mol. The molecule has 2 heterocycles. The number of aliphatic hydroxyl groups is 1. The smallest absolute Gasteiger partial charge is 0.404 e. The summed E-state index contributed by atoms with van der Waals surface area (Å²) < 4.78 is 32.1. The SMILES string of the molecule is C1CCOC1.CCCO.Cc1ccccc1.O=C(O)NCCCN(CCCC1CCC(=O)N1)S(=O)(=O)c1ccc([N+](=O)[O-])cc1. The number of hydrogen-bond donors (Lipinski definition) is 4. The van der Waals surface area contributed by atoms with Crippen LogP contribution in [-0.4, -0.2) is 85.4 Å². The number of rotatable bonds is 12. The summed E-state index contributed by atoms with van der Waals surface area (Å²) in [6, 6.07) is 14.9. The third-order valence-electron chi connectivity index (χ3n) is 6.58. The third kappa shape index (κ3) is 17.5. The largest absolute Gasteiger partial charge is 0.465 e. The van der Waals surface area contributed by atoms with Gasteiger partial charge >= 0.3 is 6.09 Å². The van der Waals surface area contributed by atoms with Crippen LogP contribution in [0.5, 0.6) is 0 Å². The molecule has 2 aliphatic heterocycles. The van der Waals surface area contributed by atoms with Gasteiger partial charge in [-0.15, -0.1) is 0 Å². The molecule has 2 aliphatic rings. The van der Waals surface area contributed by atoms with Crippen molar-refractivity contribution in [1.29, 1.82) is 0 Å². The first-order valence-corrected chi connectivity index (χ1v) is 16.7. The highest BCUT2D eigenvalue weighted by Crippen LogP contribution is 2.21. The minimum atomic E-state index is -3.90. The highest BCUT2D eigenvalue weighted by Gasteiger charge is 2.26. The van der Waals surface area contributed by atoms with Gasteiger partial charge in [-0.3, -0.25) is 14.9 Å². The molecule has 14 heteroatoms. The number of hydrogen-bond acceptors (Lipinski definition) is 8. The van der Waals surface area contributed by atoms with Gasteiger partial charge in [0.05, 0.1) is 9.82 Å². The highest BCUT2D eigenvalue weighted by atomic mass is 32.2. The van der Waals surface area contributed by atoms with Crippen LogP contribution in [0.4, 0.5) is 10.5 Å². The number of carbonyl (C=O) groups is 2. The summed E-state index contributed by atoms with van der Waals surface area (Å²) in [6.45, 7) is 6.72. The quantitative estimate of drug-likeness (QED) is 0.146. The Labute approximate surface area is 266 Å². The molecule has 0 bridgehead atoms. The zero-order valence-electron chi connectivity index (χ0n) is 26.2. The van der Waals surface area contributed by atoms with Crippen LogP contribution in [-0.2, 0) is 19.6 Å². The van der Waals surface area contributed by atoms with Crippen molar-refractivity contribution in [3.05, 3.63) is 70.3 Å². The number of nitro benzene ring substituents is 1. The van der Waals surface area contributed by atoms with Gasteiger partial charge in [0.25, 0.3) is 5.69 Å². The predicted molar refractivity (Wildman–Crippen MR) is 172 cm³/mol. The zero-order valence-corrected chi connectivity index (χ0v) is 27.0. The Morgan fingerprint density at radius 1 is 1.09 bits per heavy atom. The summed E-state index contributed by atoms with van der Waals surface area (Å²) in [5, 5.41) is 32.3. The molecule has 2 saturated heterocycles. The standard InChI is InChI=1S/C17H24N4O7S.C7H8.C4H8O.C3H8O/c22-16-9-4-13(19-16)3-1-11-20(12-2-10-18-17(23)24)29(27,28)15-7-5-14(6-8-15)21(25)26;1-7-5-3-2-4-6-7;1-2-4-5-3-1;1-2-3-4/h5-8,13,18H,1-4,9-12H2,(H,19,22)(H,23,24);2-6H,1H3;1-4H2;4H,2-3H2,1H3. The number of carboxylic acid groups (broad SMARTS) is 1. The van der Waals surface area contributed by atoms with Crippen LogP contribution < -0.4 is 10.6 Å². The van der Waals surface area contributed by atoms with E-state index >= 15 is 0 Å². The van der Waals surface area contributed by atoms with Crippen molar-refractivity contribution in [2.24, 2.45) is 0 Å². The molecule has 0 aliphatic carbocycles. The molecule has 0 saturated carbocycles. The topological polar surface area (TPSA) is 188 Å². The third-order valence-corrected chi connectivity index (χ3v) is 8.50. The van der Waals surface area contributed by atoms with Crippen LogP contribution in [0.2, 0.25) is 0 Å². The van der Waals surface area contributed by atoms with E-state index in [2.05, 4.69) is 29.7 Å². The Balaban J connectivity index is 0.000000508. The fourth-order valence-electron chi connectivity index (χ4n) is 4.14. The molecule has 4 rings (SSSR count). The second-order valence-corrected chi connectivity index (χ2v) is 12.3. The molecule has 13 nitrogen and oxygen atoms in total. The van der Waals surface area contributed by atoms with Crippen LogP contribution in [0.1, 0.15) is 63.9 Å². The molecule has 1 unspecified atom stereocenters. The second-order valence-electron chi connectivity index (χ2n) is 10.4. The Kier molecular flexibility index (Phi) is 20.0. The zero-order chi connectivity index (χ0) is 33.5. The number of nitrogens with one attached hydrogen (secondary N) is 2. The maximum Gasteiger partial charge on any atom is 0.404 e. The van der Waals surface area contributed by atoms with Crippen molar-refractivity contribution in [3.8, 4) is 0 Å². The summed E-state index contributed by atoms with van der Waals surface area (Å²) in [4.78, 5) is 31.9. The molecule has 252 valence electrons. The Morgan fingerprint density at radius 2 is 1.69 bits per heavy atom. The summed E-state index contributed by atoms with van der Waals surface area (Å²) in [6.07, 6.45) is 4.85. The van der Waals surface area contributed by atoms with Crippen LogP contribution in [0.3, 0.4) is 0 Å². The number of aliphatic hydroxyl groups excluding tert-OH is 1. The van der Waals surface area contributed by atoms with Crippen molar-refractivity contribution in [3.63, 3.8) is 0 Å². The van der Waals surface area contributed by atoms with Gasteiger partial charge in [-0.05, 0) is 64.0 Å². The van der Waals surface area contributed by atoms with Gasteiger partial charge in [0.15, 0.2) is 0 Å². The molecular formula is C31H48N4O9S. The van der Waals surface area contributed by atoms with E-state index in [1.165, 1.54) is 34.8 Å².